The lowest BCUT2D eigenvalue weighted by molar-refractivity contribution is -0.116. The molecule has 0 aliphatic rings. The first-order valence-corrected chi connectivity index (χ1v) is 8.74. The van der Waals surface area contributed by atoms with Crippen molar-refractivity contribution in [3.63, 3.8) is 0 Å². The Balaban J connectivity index is 1.87. The fraction of sp³-hybridized carbons (Fsp3) is 0.0588. The van der Waals surface area contributed by atoms with Crippen LogP contribution in [0.1, 0.15) is 0 Å². The lowest BCUT2D eigenvalue weighted by Crippen LogP contribution is -2.20. The van der Waals surface area contributed by atoms with E-state index in [1.54, 1.807) is 16.8 Å². The largest absolute Gasteiger partial charge is 0.338 e. The van der Waals surface area contributed by atoms with Crippen molar-refractivity contribution < 1.29 is 4.79 Å². The van der Waals surface area contributed by atoms with Crippen LogP contribution in [-0.4, -0.2) is 10.5 Å². The molecule has 0 fully saturated rings. The first kappa shape index (κ1) is 16.2. The number of fused-ring (bicyclic) bond motifs is 1. The molecule has 0 aliphatic carbocycles. The van der Waals surface area contributed by atoms with E-state index in [2.05, 4.69) is 43.8 Å². The summed E-state index contributed by atoms with van der Waals surface area (Å²) in [5, 5.41) is 3.45. The zero-order chi connectivity index (χ0) is 16.4. The molecule has 0 unspecified atom stereocenters. The summed E-state index contributed by atoms with van der Waals surface area (Å²) in [5.41, 5.74) is 1.42. The van der Waals surface area contributed by atoms with Gasteiger partial charge in [-0.25, -0.2) is 0 Å². The maximum Gasteiger partial charge on any atom is 0.244 e. The molecule has 0 saturated carbocycles. The number of carbonyl (C=O) groups excluding carboxylic acids is 1. The SMILES string of the molecule is O=C(Cn1ccc(=O)c2ccc(Br)cc21)Nc1ccc(I)cc1. The van der Waals surface area contributed by atoms with Crippen LogP contribution in [0.25, 0.3) is 10.9 Å². The zero-order valence-electron chi connectivity index (χ0n) is 11.9. The number of halogens is 2. The first-order chi connectivity index (χ1) is 11.0. The van der Waals surface area contributed by atoms with E-state index in [0.717, 1.165) is 19.2 Å². The zero-order valence-corrected chi connectivity index (χ0v) is 15.7. The molecular weight excluding hydrogens is 471 g/mol. The van der Waals surface area contributed by atoms with Gasteiger partial charge in [-0.2, -0.15) is 0 Å². The lowest BCUT2D eigenvalue weighted by atomic mass is 10.2. The average Bonchev–Trinajstić information content (AvgIpc) is 2.52. The maximum absolute atomic E-state index is 12.3. The number of nitrogens with one attached hydrogen (secondary N) is 1. The van der Waals surface area contributed by atoms with Crippen LogP contribution in [0, 0.1) is 3.57 Å². The van der Waals surface area contributed by atoms with Gasteiger partial charge in [0.2, 0.25) is 5.91 Å². The van der Waals surface area contributed by atoms with Gasteiger partial charge in [0.25, 0.3) is 0 Å². The van der Waals surface area contributed by atoms with Crippen molar-refractivity contribution in [1.82, 2.24) is 4.57 Å². The Kier molecular flexibility index (Phi) is 4.82. The van der Waals surface area contributed by atoms with Crippen molar-refractivity contribution >= 4 is 61.0 Å². The topological polar surface area (TPSA) is 51.1 Å². The number of hydrogen-bond donors (Lipinski definition) is 1. The molecule has 0 radical (unpaired) electrons. The van der Waals surface area contributed by atoms with E-state index in [4.69, 9.17) is 0 Å². The van der Waals surface area contributed by atoms with E-state index < -0.39 is 0 Å². The molecule has 0 aliphatic heterocycles. The molecule has 1 heterocycles. The summed E-state index contributed by atoms with van der Waals surface area (Å²) in [5.74, 6) is -0.142. The average molecular weight is 483 g/mol. The molecule has 3 aromatic rings. The Labute approximate surface area is 154 Å². The van der Waals surface area contributed by atoms with Gasteiger partial charge in [0, 0.05) is 31.4 Å². The fourth-order valence-electron chi connectivity index (χ4n) is 2.30. The Bertz CT molecular complexity index is 935. The number of nitrogens with zero attached hydrogens (tertiary/aromatic N) is 1. The molecule has 0 bridgehead atoms. The predicted octanol–water partition coefficient (Wildman–Crippen LogP) is 4.01. The molecule has 23 heavy (non-hydrogen) atoms. The van der Waals surface area contributed by atoms with E-state index in [1.807, 2.05) is 36.4 Å². The van der Waals surface area contributed by atoms with Crippen LogP contribution in [0.5, 0.6) is 0 Å². The molecule has 1 N–H and O–H groups in total. The van der Waals surface area contributed by atoms with Gasteiger partial charge in [-0.3, -0.25) is 9.59 Å². The van der Waals surface area contributed by atoms with Crippen LogP contribution < -0.4 is 10.7 Å². The normalized spacial score (nSPS) is 10.7. The van der Waals surface area contributed by atoms with E-state index >= 15 is 0 Å². The number of pyridine rings is 1. The van der Waals surface area contributed by atoms with Crippen molar-refractivity contribution in [2.45, 2.75) is 6.54 Å². The molecule has 3 rings (SSSR count). The monoisotopic (exact) mass is 482 g/mol. The summed E-state index contributed by atoms with van der Waals surface area (Å²) in [6.07, 6.45) is 1.64. The third-order valence-electron chi connectivity index (χ3n) is 3.38. The van der Waals surface area contributed by atoms with Crippen molar-refractivity contribution in [1.29, 1.82) is 0 Å². The van der Waals surface area contributed by atoms with Crippen molar-refractivity contribution in [3.8, 4) is 0 Å². The highest BCUT2D eigenvalue weighted by Gasteiger charge is 2.08. The second kappa shape index (κ2) is 6.84. The highest BCUT2D eigenvalue weighted by atomic mass is 127. The quantitative estimate of drug-likeness (QED) is 0.573. The highest BCUT2D eigenvalue weighted by molar-refractivity contribution is 14.1. The van der Waals surface area contributed by atoms with E-state index in [-0.39, 0.29) is 17.9 Å². The number of rotatable bonds is 3. The Morgan fingerprint density at radius 1 is 1.13 bits per heavy atom. The van der Waals surface area contributed by atoms with Crippen LogP contribution in [0.4, 0.5) is 5.69 Å². The number of aromatic nitrogens is 1. The minimum absolute atomic E-state index is 0.0539. The number of benzene rings is 2. The Morgan fingerprint density at radius 2 is 1.87 bits per heavy atom. The van der Waals surface area contributed by atoms with Crippen LogP contribution in [0.3, 0.4) is 0 Å². The molecule has 1 aromatic heterocycles. The third kappa shape index (κ3) is 3.81. The molecule has 116 valence electrons. The molecule has 6 heteroatoms. The van der Waals surface area contributed by atoms with Gasteiger partial charge in [0.15, 0.2) is 5.43 Å². The molecule has 4 nitrogen and oxygen atoms in total. The predicted molar refractivity (Wildman–Crippen MR) is 104 cm³/mol. The van der Waals surface area contributed by atoms with Crippen molar-refractivity contribution in [3.05, 3.63) is 73.0 Å². The Morgan fingerprint density at radius 3 is 2.61 bits per heavy atom. The van der Waals surface area contributed by atoms with Gasteiger partial charge in [-0.05, 0) is 65.1 Å². The second-order valence-corrected chi connectivity index (χ2v) is 7.19. The minimum Gasteiger partial charge on any atom is -0.338 e. The summed E-state index contributed by atoms with van der Waals surface area (Å²) in [6, 6.07) is 14.5. The van der Waals surface area contributed by atoms with E-state index in [9.17, 15) is 9.59 Å². The van der Waals surface area contributed by atoms with E-state index in [0.29, 0.717) is 5.39 Å². The number of anilines is 1. The smallest absolute Gasteiger partial charge is 0.244 e. The van der Waals surface area contributed by atoms with Gasteiger partial charge in [-0.1, -0.05) is 15.9 Å². The van der Waals surface area contributed by atoms with Gasteiger partial charge in [-0.15, -0.1) is 0 Å². The summed E-state index contributed by atoms with van der Waals surface area (Å²) in [6.45, 7) is 0.138. The second-order valence-electron chi connectivity index (χ2n) is 5.02. The molecular formula is C17H12BrIN2O2. The van der Waals surface area contributed by atoms with Gasteiger partial charge in [0.1, 0.15) is 6.54 Å². The highest BCUT2D eigenvalue weighted by Crippen LogP contribution is 2.17. The lowest BCUT2D eigenvalue weighted by Gasteiger charge is -2.11. The van der Waals surface area contributed by atoms with Crippen molar-refractivity contribution in [2.24, 2.45) is 0 Å². The Hall–Kier alpha value is -1.67. The number of amides is 1. The number of carbonyl (C=O) groups is 1. The third-order valence-corrected chi connectivity index (χ3v) is 4.59. The molecule has 0 atom stereocenters. The summed E-state index contributed by atoms with van der Waals surface area (Å²) in [7, 11) is 0. The molecule has 1 amide bonds. The van der Waals surface area contributed by atoms with Gasteiger partial charge in [0.05, 0.1) is 5.52 Å². The summed E-state index contributed by atoms with van der Waals surface area (Å²) >= 11 is 5.61. The maximum atomic E-state index is 12.3. The summed E-state index contributed by atoms with van der Waals surface area (Å²) in [4.78, 5) is 24.2. The molecule has 0 saturated heterocycles. The summed E-state index contributed by atoms with van der Waals surface area (Å²) < 4.78 is 3.74. The van der Waals surface area contributed by atoms with Crippen LogP contribution >= 0.6 is 38.5 Å². The van der Waals surface area contributed by atoms with Gasteiger partial charge < -0.3 is 9.88 Å². The first-order valence-electron chi connectivity index (χ1n) is 6.87. The fourth-order valence-corrected chi connectivity index (χ4v) is 3.01. The van der Waals surface area contributed by atoms with Crippen LogP contribution in [0.15, 0.2) is 64.0 Å². The van der Waals surface area contributed by atoms with Crippen LogP contribution in [0.2, 0.25) is 0 Å². The standard InChI is InChI=1S/C17H12BrIN2O2/c18-11-1-6-14-15(9-11)21(8-7-16(14)22)10-17(23)20-13-4-2-12(19)3-5-13/h1-9H,10H2,(H,20,23). The van der Waals surface area contributed by atoms with Crippen molar-refractivity contribution in [2.75, 3.05) is 5.32 Å². The van der Waals surface area contributed by atoms with E-state index in [1.165, 1.54) is 6.07 Å². The number of hydrogen-bond acceptors (Lipinski definition) is 2. The van der Waals surface area contributed by atoms with Gasteiger partial charge >= 0.3 is 0 Å². The molecule has 0 spiro atoms. The molecule has 2 aromatic carbocycles. The minimum atomic E-state index is -0.142. The van der Waals surface area contributed by atoms with Crippen LogP contribution in [-0.2, 0) is 11.3 Å².